The predicted molar refractivity (Wildman–Crippen MR) is 114 cm³/mol. The third kappa shape index (κ3) is 3.33. The molecule has 29 heavy (non-hydrogen) atoms. The topological polar surface area (TPSA) is 57.4 Å². The molecule has 6 rings (SSSR count). The fourth-order valence-electron chi connectivity index (χ4n) is 3.76. The van der Waals surface area contributed by atoms with Crippen molar-refractivity contribution < 1.29 is 27.3 Å². The van der Waals surface area contributed by atoms with E-state index in [4.69, 9.17) is 4.98 Å². The van der Waals surface area contributed by atoms with E-state index in [1.165, 1.54) is 0 Å². The van der Waals surface area contributed by atoms with Crippen molar-refractivity contribution in [1.82, 2.24) is 19.9 Å². The van der Waals surface area contributed by atoms with Gasteiger partial charge in [-0.2, -0.15) is 0 Å². The fraction of sp³-hybridized carbons (Fsp3) is 0. The van der Waals surface area contributed by atoms with Crippen molar-refractivity contribution in [2.75, 3.05) is 0 Å². The minimum absolute atomic E-state index is 0. The molecular weight excluding hydrogens is 457 g/mol. The summed E-state index contributed by atoms with van der Waals surface area (Å²) in [5.41, 5.74) is 10.2. The zero-order chi connectivity index (χ0) is 18.5. The molecule has 8 bridgehead atoms. The summed E-state index contributed by atoms with van der Waals surface area (Å²) >= 11 is 0. The molecule has 0 fully saturated rings. The normalized spacial score (nSPS) is 11.7. The Balaban J connectivity index is 0.00000181. The summed E-state index contributed by atoms with van der Waals surface area (Å²) in [6.45, 7) is 0. The van der Waals surface area contributed by atoms with Crippen molar-refractivity contribution in [1.29, 1.82) is 0 Å². The molecule has 5 heterocycles. The number of H-pyrrole nitrogens is 2. The van der Waals surface area contributed by atoms with Gasteiger partial charge in [0.25, 0.3) is 0 Å². The second-order valence-electron chi connectivity index (χ2n) is 7.04. The average Bonchev–Trinajstić information content (AvgIpc) is 3.47. The zero-order valence-corrected chi connectivity index (χ0v) is 19.7. The van der Waals surface area contributed by atoms with Crippen LogP contribution in [0.5, 0.6) is 0 Å². The Morgan fingerprint density at radius 1 is 0.517 bits per heavy atom. The van der Waals surface area contributed by atoms with E-state index in [2.05, 4.69) is 87.7 Å². The van der Waals surface area contributed by atoms with Crippen LogP contribution >= 0.6 is 0 Å². The summed E-state index contributed by atoms with van der Waals surface area (Å²) in [4.78, 5) is 16.5. The number of fused-ring (bicyclic) bond motifs is 11. The van der Waals surface area contributed by atoms with Crippen LogP contribution in [-0.2, 0) is 27.3 Å². The van der Waals surface area contributed by atoms with Crippen molar-refractivity contribution in [2.45, 2.75) is 0 Å². The summed E-state index contributed by atoms with van der Waals surface area (Å²) in [7, 11) is 0. The van der Waals surface area contributed by atoms with Crippen molar-refractivity contribution in [3.63, 3.8) is 0 Å². The van der Waals surface area contributed by atoms with Crippen LogP contribution in [0.4, 0.5) is 0 Å². The van der Waals surface area contributed by atoms with Gasteiger partial charge in [-0.1, -0.05) is 24.3 Å². The second kappa shape index (κ2) is 7.11. The van der Waals surface area contributed by atoms with Gasteiger partial charge in [0, 0.05) is 60.5 Å². The van der Waals surface area contributed by atoms with E-state index in [0.29, 0.717) is 0 Å². The number of aromatic nitrogens is 4. The fourth-order valence-corrected chi connectivity index (χ4v) is 3.76. The van der Waals surface area contributed by atoms with E-state index in [1.54, 1.807) is 0 Å². The van der Waals surface area contributed by atoms with E-state index in [-0.39, 0.29) is 27.3 Å². The van der Waals surface area contributed by atoms with E-state index in [1.807, 2.05) is 12.2 Å². The van der Waals surface area contributed by atoms with Crippen LogP contribution in [0.1, 0.15) is 11.4 Å². The molecule has 1 aromatic carbocycles. The maximum Gasteiger partial charge on any atom is 0.0737 e. The Labute approximate surface area is 187 Å². The molecule has 5 heteroatoms. The molecule has 0 saturated carbocycles. The summed E-state index contributed by atoms with van der Waals surface area (Å²) in [6.07, 6.45) is 4.06. The zero-order valence-electron chi connectivity index (χ0n) is 15.7. The molecule has 4 nitrogen and oxygen atoms in total. The Bertz CT molecular complexity index is 1320. The summed E-state index contributed by atoms with van der Waals surface area (Å²) in [5, 5.41) is 0. The Hall–Kier alpha value is -3.00. The Kier molecular flexibility index (Phi) is 4.43. The maximum absolute atomic E-state index is 4.91. The minimum atomic E-state index is 0. The van der Waals surface area contributed by atoms with Gasteiger partial charge >= 0.3 is 0 Å². The SMILES string of the molecule is C1=Cc2cc3ccc(cc4nc(cc5ccc(cc1n2)[nH]5)-c1ccccc1-4)[nH]3.[Cd]. The third-order valence-electron chi connectivity index (χ3n) is 5.06. The van der Waals surface area contributed by atoms with Gasteiger partial charge in [0.15, 0.2) is 0 Å². The van der Waals surface area contributed by atoms with Crippen LogP contribution in [0.2, 0.25) is 0 Å². The number of hydrogen-bond donors (Lipinski definition) is 2. The quantitative estimate of drug-likeness (QED) is 0.274. The number of aromatic amines is 2. The third-order valence-corrected chi connectivity index (χ3v) is 5.06. The molecule has 0 radical (unpaired) electrons. The molecule has 134 valence electrons. The first-order chi connectivity index (χ1) is 13.8. The van der Waals surface area contributed by atoms with E-state index in [0.717, 1.165) is 56.0 Å². The van der Waals surface area contributed by atoms with Crippen LogP contribution in [-0.4, -0.2) is 19.9 Å². The Morgan fingerprint density at radius 2 is 0.966 bits per heavy atom. The average molecular weight is 473 g/mol. The number of nitrogens with one attached hydrogen (secondary N) is 2. The van der Waals surface area contributed by atoms with Gasteiger partial charge in [-0.3, -0.25) is 0 Å². The first-order valence-electron chi connectivity index (χ1n) is 9.26. The molecule has 0 unspecified atom stereocenters. The molecule has 3 aromatic heterocycles. The molecule has 0 spiro atoms. The van der Waals surface area contributed by atoms with Gasteiger partial charge < -0.3 is 9.97 Å². The van der Waals surface area contributed by atoms with Gasteiger partial charge in [-0.05, 0) is 60.7 Å². The number of hydrogen-bond acceptors (Lipinski definition) is 2. The first kappa shape index (κ1) is 18.1. The van der Waals surface area contributed by atoms with Crippen LogP contribution in [0.3, 0.4) is 0 Å². The molecular formula is C24H16CdN4. The van der Waals surface area contributed by atoms with Gasteiger partial charge in [-0.15, -0.1) is 0 Å². The van der Waals surface area contributed by atoms with Crippen LogP contribution in [0.25, 0.3) is 56.7 Å². The number of rotatable bonds is 0. The smallest absolute Gasteiger partial charge is 0.0737 e. The summed E-state index contributed by atoms with van der Waals surface area (Å²) in [5.74, 6) is 0. The van der Waals surface area contributed by atoms with Gasteiger partial charge in [0.05, 0.1) is 22.8 Å². The van der Waals surface area contributed by atoms with Crippen molar-refractivity contribution >= 4 is 34.2 Å². The standard InChI is InChI=1S/C24H16N4.Cd/c1-2-4-22-21(3-1)23-13-19-9-7-17(26-19)11-15-5-6-16(25-15)12-18-8-10-20(27-18)14-24(22)28-23;/h1-14,26-27H;. The van der Waals surface area contributed by atoms with Gasteiger partial charge in [0.1, 0.15) is 0 Å². The monoisotopic (exact) mass is 474 g/mol. The van der Waals surface area contributed by atoms with E-state index < -0.39 is 0 Å². The molecule has 2 aliphatic heterocycles. The number of nitrogens with zero attached hydrogens (tertiary/aromatic N) is 2. The molecule has 0 atom stereocenters. The largest absolute Gasteiger partial charge is 0.355 e. The first-order valence-corrected chi connectivity index (χ1v) is 9.26. The van der Waals surface area contributed by atoms with Crippen LogP contribution < -0.4 is 0 Å². The molecule has 2 N–H and O–H groups in total. The van der Waals surface area contributed by atoms with Gasteiger partial charge in [-0.25, -0.2) is 9.97 Å². The van der Waals surface area contributed by atoms with Crippen molar-refractivity contribution in [2.24, 2.45) is 0 Å². The summed E-state index contributed by atoms with van der Waals surface area (Å²) in [6, 6.07) is 24.9. The molecule has 2 aliphatic rings. The van der Waals surface area contributed by atoms with Gasteiger partial charge in [0.2, 0.25) is 0 Å². The Morgan fingerprint density at radius 3 is 1.45 bits per heavy atom. The van der Waals surface area contributed by atoms with E-state index in [9.17, 15) is 0 Å². The summed E-state index contributed by atoms with van der Waals surface area (Å²) < 4.78 is 0. The predicted octanol–water partition coefficient (Wildman–Crippen LogP) is 5.82. The molecule has 4 aromatic rings. The maximum atomic E-state index is 4.91. The van der Waals surface area contributed by atoms with Crippen LogP contribution in [0, 0.1) is 0 Å². The van der Waals surface area contributed by atoms with Crippen LogP contribution in [0.15, 0.2) is 72.8 Å². The molecule has 0 saturated heterocycles. The van der Waals surface area contributed by atoms with Crippen molar-refractivity contribution in [3.8, 4) is 22.5 Å². The molecule has 0 amide bonds. The van der Waals surface area contributed by atoms with Crippen molar-refractivity contribution in [3.05, 3.63) is 84.2 Å². The minimum Gasteiger partial charge on any atom is -0.355 e. The van der Waals surface area contributed by atoms with E-state index >= 15 is 0 Å². The molecule has 0 aliphatic carbocycles. The number of benzene rings is 1. The second-order valence-corrected chi connectivity index (χ2v) is 7.04.